The molecule has 0 aliphatic heterocycles. The van der Waals surface area contributed by atoms with Crippen LogP contribution < -0.4 is 0 Å². The van der Waals surface area contributed by atoms with Crippen molar-refractivity contribution in [2.45, 2.75) is 0 Å². The Morgan fingerprint density at radius 2 is 1.00 bits per heavy atom. The van der Waals surface area contributed by atoms with E-state index in [1.165, 1.54) is 0 Å². The van der Waals surface area contributed by atoms with Crippen molar-refractivity contribution in [3.8, 4) is 0 Å². The zero-order chi connectivity index (χ0) is 5.58. The molecular formula is CH7BO4. The molecule has 0 aromatic carbocycles. The van der Waals surface area contributed by atoms with Crippen LogP contribution in [0, 0.1) is 0 Å². The summed E-state index contributed by atoms with van der Waals surface area (Å²) in [6.07, 6.45) is 0. The molecule has 0 saturated heterocycles. The minimum atomic E-state index is -2.17. The number of rotatable bonds is 0. The topological polar surface area (TPSA) is 80.9 Å². The van der Waals surface area contributed by atoms with E-state index in [4.69, 9.17) is 20.2 Å². The first kappa shape index (κ1) is 9.32. The molecule has 0 aliphatic rings. The molecule has 38 valence electrons. The SMILES string of the molecule is CO.OB(O)O. The van der Waals surface area contributed by atoms with E-state index in [1.54, 1.807) is 0 Å². The normalized spacial score (nSPS) is 5.50. The predicted molar refractivity (Wildman–Crippen MR) is 20.6 cm³/mol. The molecular weight excluding hydrogens is 86.8 g/mol. The summed E-state index contributed by atoms with van der Waals surface area (Å²) in [7, 11) is -1.17. The number of hydrogen-bond donors (Lipinski definition) is 4. The Morgan fingerprint density at radius 3 is 1.00 bits per heavy atom. The van der Waals surface area contributed by atoms with Crippen LogP contribution in [-0.2, 0) is 0 Å². The van der Waals surface area contributed by atoms with Crippen LogP contribution in [0.4, 0.5) is 0 Å². The van der Waals surface area contributed by atoms with Crippen LogP contribution in [0.3, 0.4) is 0 Å². The van der Waals surface area contributed by atoms with E-state index in [1.807, 2.05) is 0 Å². The van der Waals surface area contributed by atoms with Gasteiger partial charge in [-0.25, -0.2) is 0 Å². The van der Waals surface area contributed by atoms with Gasteiger partial charge in [-0.3, -0.25) is 0 Å². The third-order valence-electron chi connectivity index (χ3n) is 0. The van der Waals surface area contributed by atoms with Crippen LogP contribution >= 0.6 is 0 Å². The maximum atomic E-state index is 7.17. The van der Waals surface area contributed by atoms with Crippen LogP contribution in [0.25, 0.3) is 0 Å². The molecule has 0 aliphatic carbocycles. The lowest BCUT2D eigenvalue weighted by molar-refractivity contribution is 0.278. The molecule has 6 heavy (non-hydrogen) atoms. The standard InChI is InChI=1S/CH4O.BH3O3/c1-2;2-1(3)4/h2H,1H3;2-4H. The zero-order valence-electron chi connectivity index (χ0n) is 3.37. The first-order chi connectivity index (χ1) is 2.73. The van der Waals surface area contributed by atoms with E-state index < -0.39 is 7.32 Å². The monoisotopic (exact) mass is 94.0 g/mol. The Hall–Kier alpha value is -0.0951. The summed E-state index contributed by atoms with van der Waals surface area (Å²) in [6, 6.07) is 0. The van der Waals surface area contributed by atoms with Crippen molar-refractivity contribution in [1.29, 1.82) is 0 Å². The van der Waals surface area contributed by atoms with Crippen LogP contribution in [0.2, 0.25) is 0 Å². The van der Waals surface area contributed by atoms with Gasteiger partial charge in [-0.2, -0.15) is 0 Å². The Kier molecular flexibility index (Phi) is 13.8. The first-order valence-corrected chi connectivity index (χ1v) is 1.22. The summed E-state index contributed by atoms with van der Waals surface area (Å²) >= 11 is 0. The molecule has 0 heterocycles. The number of aliphatic hydroxyl groups is 1. The molecule has 4 nitrogen and oxygen atoms in total. The summed E-state index contributed by atoms with van der Waals surface area (Å²) in [5.41, 5.74) is 0. The van der Waals surface area contributed by atoms with Crippen LogP contribution in [0.1, 0.15) is 0 Å². The van der Waals surface area contributed by atoms with Gasteiger partial charge < -0.3 is 20.2 Å². The van der Waals surface area contributed by atoms with Crippen molar-refractivity contribution >= 4 is 7.32 Å². The average Bonchev–Trinajstić information content (AvgIpc) is 1.41. The van der Waals surface area contributed by atoms with E-state index in [9.17, 15) is 0 Å². The fourth-order valence-corrected chi connectivity index (χ4v) is 0. The summed E-state index contributed by atoms with van der Waals surface area (Å²) in [5.74, 6) is 0. The third-order valence-corrected chi connectivity index (χ3v) is 0. The molecule has 0 unspecified atom stereocenters. The molecule has 0 fully saturated rings. The van der Waals surface area contributed by atoms with E-state index in [0.717, 1.165) is 7.11 Å². The largest absolute Gasteiger partial charge is 0.631 e. The smallest absolute Gasteiger partial charge is 0.402 e. The second-order valence-corrected chi connectivity index (χ2v) is 0.346. The highest BCUT2D eigenvalue weighted by atomic mass is 16.5. The maximum absolute atomic E-state index is 7.17. The summed E-state index contributed by atoms with van der Waals surface area (Å²) in [5, 5.41) is 28.5. The zero-order valence-corrected chi connectivity index (χ0v) is 3.37. The molecule has 0 atom stereocenters. The minimum absolute atomic E-state index is 1.00. The highest BCUT2D eigenvalue weighted by Crippen LogP contribution is 1.40. The quantitative estimate of drug-likeness (QED) is 0.251. The lowest BCUT2D eigenvalue weighted by atomic mass is 10.3. The van der Waals surface area contributed by atoms with Crippen molar-refractivity contribution < 1.29 is 20.2 Å². The highest BCUT2D eigenvalue weighted by Gasteiger charge is 1.92. The minimum Gasteiger partial charge on any atom is -0.402 e. The second-order valence-electron chi connectivity index (χ2n) is 0.346. The molecule has 4 N–H and O–H groups in total. The van der Waals surface area contributed by atoms with Crippen LogP contribution in [0.5, 0.6) is 0 Å². The van der Waals surface area contributed by atoms with Gasteiger partial charge in [-0.1, -0.05) is 0 Å². The summed E-state index contributed by atoms with van der Waals surface area (Å²) in [4.78, 5) is 0. The Labute approximate surface area is 35.8 Å². The Bertz CT molecular complexity index is 12.3. The van der Waals surface area contributed by atoms with Gasteiger partial charge in [0.2, 0.25) is 0 Å². The van der Waals surface area contributed by atoms with Crippen molar-refractivity contribution in [3.63, 3.8) is 0 Å². The number of hydrogen-bond acceptors (Lipinski definition) is 4. The molecule has 0 radical (unpaired) electrons. The van der Waals surface area contributed by atoms with Gasteiger partial charge >= 0.3 is 7.32 Å². The van der Waals surface area contributed by atoms with E-state index in [-0.39, 0.29) is 0 Å². The van der Waals surface area contributed by atoms with Gasteiger partial charge in [-0.15, -0.1) is 0 Å². The highest BCUT2D eigenvalue weighted by molar-refractivity contribution is 6.30. The van der Waals surface area contributed by atoms with Gasteiger partial charge in [0.25, 0.3) is 0 Å². The average molecular weight is 93.9 g/mol. The Balaban J connectivity index is 0. The molecule has 0 rings (SSSR count). The van der Waals surface area contributed by atoms with E-state index in [2.05, 4.69) is 0 Å². The molecule has 0 aromatic rings. The lowest BCUT2D eigenvalue weighted by Crippen LogP contribution is -2.07. The molecule has 0 spiro atoms. The van der Waals surface area contributed by atoms with Gasteiger partial charge in [0.1, 0.15) is 0 Å². The predicted octanol–water partition coefficient (Wildman–Crippen LogP) is -2.44. The number of aliphatic hydroxyl groups excluding tert-OH is 1. The van der Waals surface area contributed by atoms with Gasteiger partial charge in [0.05, 0.1) is 0 Å². The summed E-state index contributed by atoms with van der Waals surface area (Å²) < 4.78 is 0. The fraction of sp³-hybridized carbons (Fsp3) is 1.00. The van der Waals surface area contributed by atoms with Crippen LogP contribution in [0.15, 0.2) is 0 Å². The molecule has 0 amide bonds. The lowest BCUT2D eigenvalue weighted by Gasteiger charge is -1.69. The Morgan fingerprint density at radius 1 is 1.00 bits per heavy atom. The summed E-state index contributed by atoms with van der Waals surface area (Å²) in [6.45, 7) is 0. The fourth-order valence-electron chi connectivity index (χ4n) is 0. The van der Waals surface area contributed by atoms with Gasteiger partial charge in [0.15, 0.2) is 0 Å². The maximum Gasteiger partial charge on any atom is 0.631 e. The van der Waals surface area contributed by atoms with E-state index >= 15 is 0 Å². The van der Waals surface area contributed by atoms with Gasteiger partial charge in [-0.05, 0) is 0 Å². The molecule has 0 saturated carbocycles. The van der Waals surface area contributed by atoms with Crippen molar-refractivity contribution in [1.82, 2.24) is 0 Å². The second kappa shape index (κ2) is 8.86. The molecule has 0 bridgehead atoms. The van der Waals surface area contributed by atoms with Crippen molar-refractivity contribution in [3.05, 3.63) is 0 Å². The van der Waals surface area contributed by atoms with Crippen molar-refractivity contribution in [2.75, 3.05) is 7.11 Å². The first-order valence-electron chi connectivity index (χ1n) is 1.22. The van der Waals surface area contributed by atoms with E-state index in [0.29, 0.717) is 0 Å². The van der Waals surface area contributed by atoms with Crippen LogP contribution in [-0.4, -0.2) is 34.6 Å². The van der Waals surface area contributed by atoms with Gasteiger partial charge in [0, 0.05) is 7.11 Å². The third kappa shape index (κ3) is 3650. The molecule has 0 aromatic heterocycles. The molecule has 5 heteroatoms. The van der Waals surface area contributed by atoms with Crippen molar-refractivity contribution in [2.24, 2.45) is 0 Å².